The number of anilines is 1. The first kappa shape index (κ1) is 14.0. The summed E-state index contributed by atoms with van der Waals surface area (Å²) >= 11 is 0. The van der Waals surface area contributed by atoms with Gasteiger partial charge in [-0.05, 0) is 18.6 Å². The number of nitrogens with zero attached hydrogens (tertiary/aromatic N) is 2. The predicted octanol–water partition coefficient (Wildman–Crippen LogP) is 3.13. The first-order valence-corrected chi connectivity index (χ1v) is 6.53. The molecule has 96 valence electrons. The summed E-state index contributed by atoms with van der Waals surface area (Å²) in [4.78, 5) is 2.35. The van der Waals surface area contributed by atoms with Crippen LogP contribution in [0.25, 0.3) is 0 Å². The molecule has 0 atom stereocenters. The molecule has 0 saturated heterocycles. The van der Waals surface area contributed by atoms with Crippen molar-refractivity contribution in [1.82, 2.24) is 0 Å². The van der Waals surface area contributed by atoms with Crippen LogP contribution in [-0.4, -0.2) is 39.2 Å². The van der Waals surface area contributed by atoms with Crippen LogP contribution in [0.15, 0.2) is 24.3 Å². The van der Waals surface area contributed by atoms with Gasteiger partial charge >= 0.3 is 0 Å². The molecule has 0 amide bonds. The van der Waals surface area contributed by atoms with Gasteiger partial charge < -0.3 is 9.38 Å². The molecule has 1 aromatic carbocycles. The summed E-state index contributed by atoms with van der Waals surface area (Å²) in [7, 11) is 8.87. The van der Waals surface area contributed by atoms with Crippen LogP contribution >= 0.6 is 0 Å². The SMILES string of the molecule is CCCCN(C)c1cccc(C[N+](C)(C)C)c1. The zero-order valence-corrected chi connectivity index (χ0v) is 12.0. The van der Waals surface area contributed by atoms with Gasteiger partial charge in [-0.25, -0.2) is 0 Å². The van der Waals surface area contributed by atoms with E-state index in [-0.39, 0.29) is 0 Å². The molecule has 0 radical (unpaired) electrons. The van der Waals surface area contributed by atoms with Crippen molar-refractivity contribution in [2.24, 2.45) is 0 Å². The summed E-state index contributed by atoms with van der Waals surface area (Å²) in [6, 6.07) is 8.91. The maximum atomic E-state index is 2.35. The molecule has 17 heavy (non-hydrogen) atoms. The van der Waals surface area contributed by atoms with Gasteiger partial charge in [-0.3, -0.25) is 0 Å². The third kappa shape index (κ3) is 5.22. The van der Waals surface area contributed by atoms with E-state index in [0.717, 1.165) is 17.6 Å². The fourth-order valence-electron chi connectivity index (χ4n) is 1.96. The van der Waals surface area contributed by atoms with Crippen LogP contribution in [0.4, 0.5) is 5.69 Å². The average Bonchev–Trinajstić information content (AvgIpc) is 2.24. The van der Waals surface area contributed by atoms with Crippen LogP contribution in [0.1, 0.15) is 25.3 Å². The van der Waals surface area contributed by atoms with E-state index in [1.807, 2.05) is 0 Å². The molecule has 0 aliphatic carbocycles. The second-order valence-corrected chi connectivity index (χ2v) is 5.89. The fraction of sp³-hybridized carbons (Fsp3) is 0.600. The van der Waals surface area contributed by atoms with Crippen molar-refractivity contribution in [3.8, 4) is 0 Å². The van der Waals surface area contributed by atoms with E-state index in [1.54, 1.807) is 0 Å². The standard InChI is InChI=1S/C15H27N2/c1-6-7-11-16(2)15-10-8-9-14(12-15)13-17(3,4)5/h8-10,12H,6-7,11,13H2,1-5H3/q+1. The van der Waals surface area contributed by atoms with Crippen LogP contribution in [-0.2, 0) is 6.54 Å². The first-order chi connectivity index (χ1) is 7.92. The lowest BCUT2D eigenvalue weighted by Gasteiger charge is -2.25. The molecule has 0 aromatic heterocycles. The van der Waals surface area contributed by atoms with E-state index in [9.17, 15) is 0 Å². The van der Waals surface area contributed by atoms with Crippen LogP contribution in [0.5, 0.6) is 0 Å². The first-order valence-electron chi connectivity index (χ1n) is 6.53. The minimum Gasteiger partial charge on any atom is -0.375 e. The zero-order chi connectivity index (χ0) is 12.9. The summed E-state index contributed by atoms with van der Waals surface area (Å²) < 4.78 is 0.974. The smallest absolute Gasteiger partial charge is 0.104 e. The van der Waals surface area contributed by atoms with E-state index in [4.69, 9.17) is 0 Å². The third-order valence-electron chi connectivity index (χ3n) is 2.86. The molecule has 0 heterocycles. The second kappa shape index (κ2) is 6.06. The van der Waals surface area contributed by atoms with Crippen molar-refractivity contribution in [2.45, 2.75) is 26.3 Å². The Labute approximate surface area is 106 Å². The van der Waals surface area contributed by atoms with Gasteiger partial charge in [0.2, 0.25) is 0 Å². The third-order valence-corrected chi connectivity index (χ3v) is 2.86. The molecular weight excluding hydrogens is 208 g/mol. The minimum absolute atomic E-state index is 0.974. The van der Waals surface area contributed by atoms with Crippen molar-refractivity contribution in [3.63, 3.8) is 0 Å². The van der Waals surface area contributed by atoms with Gasteiger partial charge in [0.15, 0.2) is 0 Å². The highest BCUT2D eigenvalue weighted by atomic mass is 15.3. The quantitative estimate of drug-likeness (QED) is 0.685. The number of benzene rings is 1. The van der Waals surface area contributed by atoms with Crippen molar-refractivity contribution in [1.29, 1.82) is 0 Å². The van der Waals surface area contributed by atoms with Crippen LogP contribution in [0.2, 0.25) is 0 Å². The summed E-state index contributed by atoms with van der Waals surface area (Å²) in [6.07, 6.45) is 2.51. The van der Waals surface area contributed by atoms with Gasteiger partial charge in [0.05, 0.1) is 21.1 Å². The largest absolute Gasteiger partial charge is 0.375 e. The Bertz CT molecular complexity index is 339. The Hall–Kier alpha value is -1.02. The van der Waals surface area contributed by atoms with E-state index in [2.05, 4.69) is 64.3 Å². The summed E-state index contributed by atoms with van der Waals surface area (Å²) in [5, 5.41) is 0. The molecule has 2 nitrogen and oxygen atoms in total. The molecule has 0 unspecified atom stereocenters. The van der Waals surface area contributed by atoms with Crippen LogP contribution < -0.4 is 4.90 Å². The van der Waals surface area contributed by atoms with Gasteiger partial charge in [0, 0.05) is 24.8 Å². The highest BCUT2D eigenvalue weighted by Crippen LogP contribution is 2.17. The summed E-state index contributed by atoms with van der Waals surface area (Å²) in [5.74, 6) is 0. The van der Waals surface area contributed by atoms with Crippen molar-refractivity contribution >= 4 is 5.69 Å². The lowest BCUT2D eigenvalue weighted by molar-refractivity contribution is -0.884. The van der Waals surface area contributed by atoms with Gasteiger partial charge in [-0.15, -0.1) is 0 Å². The van der Waals surface area contributed by atoms with Gasteiger partial charge in [-0.1, -0.05) is 25.5 Å². The molecule has 0 aliphatic heterocycles. The summed E-state index contributed by atoms with van der Waals surface area (Å²) in [6.45, 7) is 4.46. The summed E-state index contributed by atoms with van der Waals surface area (Å²) in [5.41, 5.74) is 2.75. The van der Waals surface area contributed by atoms with Gasteiger partial charge in [0.1, 0.15) is 6.54 Å². The number of unbranched alkanes of at least 4 members (excludes halogenated alkanes) is 1. The average molecular weight is 235 g/mol. The maximum Gasteiger partial charge on any atom is 0.104 e. The Morgan fingerprint density at radius 1 is 1.18 bits per heavy atom. The molecular formula is C15H27N2+. The molecule has 2 heteroatoms. The topological polar surface area (TPSA) is 3.24 Å². The van der Waals surface area contributed by atoms with E-state index in [0.29, 0.717) is 0 Å². The predicted molar refractivity (Wildman–Crippen MR) is 76.4 cm³/mol. The van der Waals surface area contributed by atoms with Crippen molar-refractivity contribution < 1.29 is 4.48 Å². The molecule has 0 fully saturated rings. The minimum atomic E-state index is 0.974. The van der Waals surface area contributed by atoms with E-state index in [1.165, 1.54) is 24.1 Å². The van der Waals surface area contributed by atoms with Crippen molar-refractivity contribution in [3.05, 3.63) is 29.8 Å². The Morgan fingerprint density at radius 3 is 2.47 bits per heavy atom. The Kier molecular flexibility index (Phi) is 5.01. The highest BCUT2D eigenvalue weighted by molar-refractivity contribution is 5.47. The van der Waals surface area contributed by atoms with Crippen LogP contribution in [0, 0.1) is 0 Å². The second-order valence-electron chi connectivity index (χ2n) is 5.89. The van der Waals surface area contributed by atoms with Gasteiger partial charge in [0.25, 0.3) is 0 Å². The van der Waals surface area contributed by atoms with Crippen molar-refractivity contribution in [2.75, 3.05) is 39.6 Å². The lowest BCUT2D eigenvalue weighted by Crippen LogP contribution is -2.33. The molecule has 0 aliphatic rings. The lowest BCUT2D eigenvalue weighted by atomic mass is 10.1. The number of hydrogen-bond acceptors (Lipinski definition) is 1. The highest BCUT2D eigenvalue weighted by Gasteiger charge is 2.09. The molecule has 0 N–H and O–H groups in total. The number of hydrogen-bond donors (Lipinski definition) is 0. The molecule has 1 aromatic rings. The Morgan fingerprint density at radius 2 is 1.88 bits per heavy atom. The zero-order valence-electron chi connectivity index (χ0n) is 12.0. The van der Waals surface area contributed by atoms with E-state index >= 15 is 0 Å². The molecule has 0 spiro atoms. The van der Waals surface area contributed by atoms with E-state index < -0.39 is 0 Å². The fourth-order valence-corrected chi connectivity index (χ4v) is 1.96. The monoisotopic (exact) mass is 235 g/mol. The number of quaternary nitrogens is 1. The Balaban J connectivity index is 2.71. The van der Waals surface area contributed by atoms with Gasteiger partial charge in [-0.2, -0.15) is 0 Å². The number of rotatable bonds is 6. The maximum absolute atomic E-state index is 2.35. The normalized spacial score (nSPS) is 11.6. The molecule has 1 rings (SSSR count). The molecule has 0 saturated carbocycles. The van der Waals surface area contributed by atoms with Crippen LogP contribution in [0.3, 0.4) is 0 Å². The molecule has 0 bridgehead atoms.